The number of thiazole rings is 1. The van der Waals surface area contributed by atoms with E-state index in [2.05, 4.69) is 40.3 Å². The molecule has 25 heavy (non-hydrogen) atoms. The molecule has 1 aliphatic heterocycles. The zero-order valence-electron chi connectivity index (χ0n) is 15.0. The van der Waals surface area contributed by atoms with Crippen molar-refractivity contribution in [1.29, 1.82) is 0 Å². The fourth-order valence-electron chi connectivity index (χ4n) is 3.02. The number of aromatic nitrogens is 4. The molecular formula is C16H26IN7S. The van der Waals surface area contributed by atoms with E-state index in [1.165, 1.54) is 19.3 Å². The number of aliphatic imine (C=N–C) groups is 1. The highest BCUT2D eigenvalue weighted by Gasteiger charge is 2.15. The number of hydrogen-bond acceptors (Lipinski definition) is 5. The zero-order valence-corrected chi connectivity index (χ0v) is 18.2. The van der Waals surface area contributed by atoms with E-state index in [1.54, 1.807) is 18.4 Å². The molecule has 3 heterocycles. The van der Waals surface area contributed by atoms with Gasteiger partial charge in [-0.1, -0.05) is 6.42 Å². The van der Waals surface area contributed by atoms with Gasteiger partial charge in [-0.25, -0.2) is 4.98 Å². The smallest absolute Gasteiger partial charge is 0.194 e. The molecule has 9 heteroatoms. The highest BCUT2D eigenvalue weighted by atomic mass is 127. The van der Waals surface area contributed by atoms with Crippen LogP contribution >= 0.6 is 35.3 Å². The lowest BCUT2D eigenvalue weighted by Gasteiger charge is -2.21. The summed E-state index contributed by atoms with van der Waals surface area (Å²) in [5.74, 6) is 2.95. The summed E-state index contributed by atoms with van der Waals surface area (Å²) < 4.78 is 2.26. The number of rotatable bonds is 4. The summed E-state index contributed by atoms with van der Waals surface area (Å²) in [4.78, 5) is 11.0. The third-order valence-electron chi connectivity index (χ3n) is 4.23. The molecule has 0 atom stereocenters. The topological polar surface area (TPSA) is 71.2 Å². The lowest BCUT2D eigenvalue weighted by molar-refractivity contribution is 0.467. The normalized spacial score (nSPS) is 14.4. The Labute approximate surface area is 170 Å². The van der Waals surface area contributed by atoms with Gasteiger partial charge in [0, 0.05) is 32.4 Å². The molecule has 0 saturated heterocycles. The Morgan fingerprint density at radius 2 is 2.20 bits per heavy atom. The molecule has 0 radical (unpaired) electrons. The molecule has 3 rings (SSSR count). The minimum atomic E-state index is 0. The molecule has 2 aromatic rings. The van der Waals surface area contributed by atoms with Gasteiger partial charge in [0.1, 0.15) is 5.82 Å². The van der Waals surface area contributed by atoms with E-state index >= 15 is 0 Å². The minimum absolute atomic E-state index is 0. The summed E-state index contributed by atoms with van der Waals surface area (Å²) in [6, 6.07) is 0. The van der Waals surface area contributed by atoms with Crippen LogP contribution in [0, 0.1) is 6.92 Å². The lowest BCUT2D eigenvalue weighted by Crippen LogP contribution is -2.38. The predicted octanol–water partition coefficient (Wildman–Crippen LogP) is 2.59. The van der Waals surface area contributed by atoms with E-state index in [0.29, 0.717) is 6.54 Å². The van der Waals surface area contributed by atoms with Crippen molar-refractivity contribution in [3.8, 4) is 0 Å². The molecule has 0 spiro atoms. The summed E-state index contributed by atoms with van der Waals surface area (Å²) in [5.41, 5.74) is 1.07. The Bertz CT molecular complexity index is 709. The number of nitrogens with zero attached hydrogens (tertiary/aromatic N) is 6. The Morgan fingerprint density at radius 1 is 1.36 bits per heavy atom. The minimum Gasteiger partial charge on any atom is -0.349 e. The molecule has 7 nitrogen and oxygen atoms in total. The maximum atomic E-state index is 4.51. The fraction of sp³-hybridized carbons (Fsp3) is 0.625. The number of nitrogens with one attached hydrogen (secondary N) is 1. The third-order valence-corrected chi connectivity index (χ3v) is 5.05. The standard InChI is InChI=1S/C16H25N7S.HI/c1-12-19-13(11-24-12)10-22(3)16(17-2)18-9-15-21-20-14-7-5-4-6-8-23(14)15;/h11H,4-10H2,1-3H3,(H,17,18);1H. The molecule has 1 N–H and O–H groups in total. The van der Waals surface area contributed by atoms with Crippen molar-refractivity contribution in [1.82, 2.24) is 30.0 Å². The summed E-state index contributed by atoms with van der Waals surface area (Å²) in [6.45, 7) is 4.42. The number of fused-ring (bicyclic) bond motifs is 1. The van der Waals surface area contributed by atoms with Gasteiger partial charge in [0.25, 0.3) is 0 Å². The molecule has 0 aliphatic carbocycles. The molecule has 2 aromatic heterocycles. The Morgan fingerprint density at radius 3 is 2.92 bits per heavy atom. The van der Waals surface area contributed by atoms with Crippen LogP contribution in [0.5, 0.6) is 0 Å². The molecule has 0 bridgehead atoms. The zero-order chi connectivity index (χ0) is 16.9. The average molecular weight is 475 g/mol. The van der Waals surface area contributed by atoms with Crippen molar-refractivity contribution in [3.05, 3.63) is 27.7 Å². The molecule has 0 saturated carbocycles. The van der Waals surface area contributed by atoms with Crippen LogP contribution in [-0.2, 0) is 26.1 Å². The van der Waals surface area contributed by atoms with E-state index in [9.17, 15) is 0 Å². The lowest BCUT2D eigenvalue weighted by atomic mass is 10.2. The molecule has 0 unspecified atom stereocenters. The van der Waals surface area contributed by atoms with Crippen LogP contribution in [0.25, 0.3) is 0 Å². The van der Waals surface area contributed by atoms with Crippen LogP contribution in [0.2, 0.25) is 0 Å². The first-order valence-corrected chi connectivity index (χ1v) is 9.29. The highest BCUT2D eigenvalue weighted by molar-refractivity contribution is 14.0. The molecule has 138 valence electrons. The maximum Gasteiger partial charge on any atom is 0.194 e. The molecular weight excluding hydrogens is 449 g/mol. The Balaban J connectivity index is 0.00000225. The number of aryl methyl sites for hydroxylation is 2. The van der Waals surface area contributed by atoms with Gasteiger partial charge < -0.3 is 14.8 Å². The molecule has 0 fully saturated rings. The van der Waals surface area contributed by atoms with E-state index in [4.69, 9.17) is 0 Å². The van der Waals surface area contributed by atoms with E-state index in [0.717, 1.165) is 47.8 Å². The fourth-order valence-corrected chi connectivity index (χ4v) is 3.62. The van der Waals surface area contributed by atoms with Crippen molar-refractivity contribution in [3.63, 3.8) is 0 Å². The van der Waals surface area contributed by atoms with Gasteiger partial charge in [-0.05, 0) is 19.8 Å². The number of hydrogen-bond donors (Lipinski definition) is 1. The van der Waals surface area contributed by atoms with Gasteiger partial charge in [0.2, 0.25) is 0 Å². The van der Waals surface area contributed by atoms with Crippen LogP contribution in [0.1, 0.15) is 41.6 Å². The summed E-state index contributed by atoms with van der Waals surface area (Å²) in [6.07, 6.45) is 4.72. The quantitative estimate of drug-likeness (QED) is 0.418. The Hall–Kier alpha value is -1.23. The largest absolute Gasteiger partial charge is 0.349 e. The van der Waals surface area contributed by atoms with Crippen molar-refractivity contribution < 1.29 is 0 Å². The SMILES string of the molecule is CN=C(NCc1nnc2n1CCCCC2)N(C)Cc1csc(C)n1.I. The van der Waals surface area contributed by atoms with Crippen molar-refractivity contribution in [2.75, 3.05) is 14.1 Å². The van der Waals surface area contributed by atoms with Gasteiger partial charge in [0.05, 0.1) is 23.8 Å². The maximum absolute atomic E-state index is 4.51. The van der Waals surface area contributed by atoms with Gasteiger partial charge in [-0.3, -0.25) is 4.99 Å². The first-order chi connectivity index (χ1) is 11.7. The second-order valence-electron chi connectivity index (χ2n) is 6.11. The monoisotopic (exact) mass is 475 g/mol. The predicted molar refractivity (Wildman–Crippen MR) is 112 cm³/mol. The third kappa shape index (κ3) is 5.13. The first-order valence-electron chi connectivity index (χ1n) is 8.41. The molecule has 1 aliphatic rings. The summed E-state index contributed by atoms with van der Waals surface area (Å²) in [7, 11) is 3.82. The van der Waals surface area contributed by atoms with Crippen molar-refractivity contribution in [2.24, 2.45) is 4.99 Å². The highest BCUT2D eigenvalue weighted by Crippen LogP contribution is 2.14. The van der Waals surface area contributed by atoms with Crippen LogP contribution in [0.4, 0.5) is 0 Å². The van der Waals surface area contributed by atoms with E-state index < -0.39 is 0 Å². The Kier molecular flexibility index (Phi) is 7.60. The van der Waals surface area contributed by atoms with Crippen LogP contribution in [-0.4, -0.2) is 44.7 Å². The second kappa shape index (κ2) is 9.46. The summed E-state index contributed by atoms with van der Waals surface area (Å²) in [5, 5.41) is 15.3. The van der Waals surface area contributed by atoms with Gasteiger partial charge in [-0.2, -0.15) is 0 Å². The van der Waals surface area contributed by atoms with Gasteiger partial charge in [-0.15, -0.1) is 45.5 Å². The van der Waals surface area contributed by atoms with E-state index in [-0.39, 0.29) is 24.0 Å². The van der Waals surface area contributed by atoms with Crippen LogP contribution in [0.3, 0.4) is 0 Å². The van der Waals surface area contributed by atoms with Crippen LogP contribution in [0.15, 0.2) is 10.4 Å². The van der Waals surface area contributed by atoms with E-state index in [1.807, 2.05) is 14.0 Å². The first kappa shape index (κ1) is 20.1. The van der Waals surface area contributed by atoms with Crippen molar-refractivity contribution >= 4 is 41.3 Å². The number of guanidine groups is 1. The summed E-state index contributed by atoms with van der Waals surface area (Å²) >= 11 is 1.67. The second-order valence-corrected chi connectivity index (χ2v) is 7.17. The molecule has 0 aromatic carbocycles. The van der Waals surface area contributed by atoms with Gasteiger partial charge >= 0.3 is 0 Å². The van der Waals surface area contributed by atoms with Crippen LogP contribution < -0.4 is 5.32 Å². The van der Waals surface area contributed by atoms with Gasteiger partial charge in [0.15, 0.2) is 11.8 Å². The number of halogens is 1. The average Bonchev–Trinajstić information content (AvgIpc) is 3.06. The molecule has 0 amide bonds. The van der Waals surface area contributed by atoms with Crippen molar-refractivity contribution in [2.45, 2.75) is 52.2 Å².